The number of amides is 1. The van der Waals surface area contributed by atoms with Crippen molar-refractivity contribution in [1.82, 2.24) is 10.1 Å². The first-order chi connectivity index (χ1) is 12.5. The highest BCUT2D eigenvalue weighted by molar-refractivity contribution is 7.22. The Morgan fingerprint density at radius 2 is 2.23 bits per heavy atom. The summed E-state index contributed by atoms with van der Waals surface area (Å²) in [5, 5.41) is 5.10. The minimum atomic E-state index is -0.260. The molecule has 0 bridgehead atoms. The third-order valence-corrected chi connectivity index (χ3v) is 5.61. The summed E-state index contributed by atoms with van der Waals surface area (Å²) < 4.78 is 11.9. The summed E-state index contributed by atoms with van der Waals surface area (Å²) in [7, 11) is 0. The lowest BCUT2D eigenvalue weighted by Crippen LogP contribution is -2.37. The number of carbonyl (C=O) groups is 1. The second-order valence-electron chi connectivity index (χ2n) is 6.45. The van der Waals surface area contributed by atoms with E-state index in [2.05, 4.69) is 5.16 Å². The SMILES string of the molecule is Cc1cc(C(=O)N(C[C@@H]2CCCO2)c2nc3c(C)cc(Cl)cc3s2)on1. The smallest absolute Gasteiger partial charge is 0.298 e. The Labute approximate surface area is 159 Å². The number of carbonyl (C=O) groups excluding carboxylic acids is 1. The van der Waals surface area contributed by atoms with Crippen LogP contribution in [0.4, 0.5) is 5.13 Å². The van der Waals surface area contributed by atoms with Gasteiger partial charge in [0.2, 0.25) is 5.76 Å². The number of hydrogen-bond donors (Lipinski definition) is 0. The molecule has 4 rings (SSSR count). The van der Waals surface area contributed by atoms with Crippen molar-refractivity contribution in [1.29, 1.82) is 0 Å². The molecular formula is C18H18ClN3O3S. The molecule has 3 heterocycles. The first-order valence-electron chi connectivity index (χ1n) is 8.45. The molecule has 0 unspecified atom stereocenters. The molecule has 0 saturated carbocycles. The van der Waals surface area contributed by atoms with Gasteiger partial charge < -0.3 is 9.26 Å². The number of benzene rings is 1. The maximum atomic E-state index is 13.1. The molecule has 0 radical (unpaired) electrons. The van der Waals surface area contributed by atoms with Gasteiger partial charge in [-0.05, 0) is 44.4 Å². The van der Waals surface area contributed by atoms with Crippen LogP contribution in [-0.2, 0) is 4.74 Å². The van der Waals surface area contributed by atoms with Crippen molar-refractivity contribution in [2.24, 2.45) is 0 Å². The van der Waals surface area contributed by atoms with Gasteiger partial charge in [0.1, 0.15) is 0 Å². The number of thiazole rings is 1. The van der Waals surface area contributed by atoms with Gasteiger partial charge in [-0.3, -0.25) is 9.69 Å². The van der Waals surface area contributed by atoms with E-state index in [9.17, 15) is 4.79 Å². The average molecular weight is 392 g/mol. The Kier molecular flexibility index (Phi) is 4.69. The van der Waals surface area contributed by atoms with E-state index in [-0.39, 0.29) is 17.8 Å². The molecule has 0 aliphatic carbocycles. The van der Waals surface area contributed by atoms with Crippen LogP contribution in [0.1, 0.15) is 34.7 Å². The van der Waals surface area contributed by atoms with Gasteiger partial charge in [0.15, 0.2) is 5.13 Å². The molecule has 0 N–H and O–H groups in total. The van der Waals surface area contributed by atoms with Crippen LogP contribution < -0.4 is 4.90 Å². The van der Waals surface area contributed by atoms with Crippen LogP contribution in [0.15, 0.2) is 22.7 Å². The Bertz CT molecular complexity index is 962. The van der Waals surface area contributed by atoms with Gasteiger partial charge >= 0.3 is 0 Å². The van der Waals surface area contributed by atoms with Crippen LogP contribution >= 0.6 is 22.9 Å². The zero-order valence-corrected chi connectivity index (χ0v) is 16.1. The number of ether oxygens (including phenoxy) is 1. The summed E-state index contributed by atoms with van der Waals surface area (Å²) in [5.74, 6) is -0.0570. The first kappa shape index (κ1) is 17.5. The fourth-order valence-electron chi connectivity index (χ4n) is 3.10. The molecule has 1 amide bonds. The second-order valence-corrected chi connectivity index (χ2v) is 7.89. The van der Waals surface area contributed by atoms with E-state index in [1.54, 1.807) is 17.9 Å². The van der Waals surface area contributed by atoms with Crippen molar-refractivity contribution in [2.45, 2.75) is 32.8 Å². The molecule has 8 heteroatoms. The van der Waals surface area contributed by atoms with Crippen molar-refractivity contribution >= 4 is 44.2 Å². The quantitative estimate of drug-likeness (QED) is 0.660. The Morgan fingerprint density at radius 3 is 2.92 bits per heavy atom. The maximum Gasteiger partial charge on any atom is 0.298 e. The zero-order valence-electron chi connectivity index (χ0n) is 14.5. The van der Waals surface area contributed by atoms with E-state index < -0.39 is 0 Å². The molecule has 1 fully saturated rings. The zero-order chi connectivity index (χ0) is 18.3. The first-order valence-corrected chi connectivity index (χ1v) is 9.64. The normalized spacial score (nSPS) is 17.1. The molecule has 26 heavy (non-hydrogen) atoms. The second kappa shape index (κ2) is 6.98. The topological polar surface area (TPSA) is 68.5 Å². The number of hydrogen-bond acceptors (Lipinski definition) is 6. The molecule has 1 aliphatic rings. The fourth-order valence-corrected chi connectivity index (χ4v) is 4.52. The molecule has 3 aromatic rings. The highest BCUT2D eigenvalue weighted by atomic mass is 35.5. The van der Waals surface area contributed by atoms with Crippen molar-refractivity contribution in [3.8, 4) is 0 Å². The van der Waals surface area contributed by atoms with Crippen LogP contribution in [0.5, 0.6) is 0 Å². The minimum Gasteiger partial charge on any atom is -0.376 e. The van der Waals surface area contributed by atoms with Crippen molar-refractivity contribution in [3.05, 3.63) is 40.2 Å². The molecule has 136 valence electrons. The summed E-state index contributed by atoms with van der Waals surface area (Å²) in [6.07, 6.45) is 1.93. The molecule has 1 aliphatic heterocycles. The van der Waals surface area contributed by atoms with Gasteiger partial charge in [0.05, 0.1) is 28.6 Å². The number of halogens is 1. The predicted octanol–water partition coefficient (Wildman–Crippen LogP) is 4.38. The molecule has 1 saturated heterocycles. The molecular weight excluding hydrogens is 374 g/mol. The van der Waals surface area contributed by atoms with Crippen molar-refractivity contribution in [2.75, 3.05) is 18.1 Å². The highest BCUT2D eigenvalue weighted by Crippen LogP contribution is 2.34. The van der Waals surface area contributed by atoms with E-state index in [1.165, 1.54) is 11.3 Å². The van der Waals surface area contributed by atoms with Crippen LogP contribution in [0.3, 0.4) is 0 Å². The van der Waals surface area contributed by atoms with Gasteiger partial charge in [-0.1, -0.05) is 28.1 Å². The summed E-state index contributed by atoms with van der Waals surface area (Å²) in [6.45, 7) is 4.91. The third-order valence-electron chi connectivity index (χ3n) is 4.36. The Balaban J connectivity index is 1.74. The third kappa shape index (κ3) is 3.34. The van der Waals surface area contributed by atoms with Gasteiger partial charge in [0.25, 0.3) is 5.91 Å². The number of rotatable bonds is 4. The number of fused-ring (bicyclic) bond motifs is 1. The molecule has 1 aromatic carbocycles. The summed E-state index contributed by atoms with van der Waals surface area (Å²) >= 11 is 7.61. The Hall–Kier alpha value is -1.96. The summed E-state index contributed by atoms with van der Waals surface area (Å²) in [6, 6.07) is 5.39. The van der Waals surface area contributed by atoms with E-state index >= 15 is 0 Å². The largest absolute Gasteiger partial charge is 0.376 e. The van der Waals surface area contributed by atoms with Gasteiger partial charge in [-0.15, -0.1) is 0 Å². The van der Waals surface area contributed by atoms with Gasteiger partial charge in [-0.25, -0.2) is 4.98 Å². The predicted molar refractivity (Wildman–Crippen MR) is 101 cm³/mol. The highest BCUT2D eigenvalue weighted by Gasteiger charge is 2.29. The van der Waals surface area contributed by atoms with Crippen molar-refractivity contribution < 1.29 is 14.1 Å². The van der Waals surface area contributed by atoms with Gasteiger partial charge in [0, 0.05) is 17.7 Å². The average Bonchev–Trinajstić information content (AvgIpc) is 3.32. The molecule has 0 spiro atoms. The van der Waals surface area contributed by atoms with E-state index in [0.717, 1.165) is 35.2 Å². The molecule has 6 nitrogen and oxygen atoms in total. The molecule has 1 atom stereocenters. The number of aromatic nitrogens is 2. The fraction of sp³-hybridized carbons (Fsp3) is 0.389. The van der Waals surface area contributed by atoms with Gasteiger partial charge in [-0.2, -0.15) is 0 Å². The van der Waals surface area contributed by atoms with E-state index in [0.29, 0.717) is 22.4 Å². The van der Waals surface area contributed by atoms with Crippen molar-refractivity contribution in [3.63, 3.8) is 0 Å². The molecule has 2 aromatic heterocycles. The lowest BCUT2D eigenvalue weighted by atomic mass is 10.2. The monoisotopic (exact) mass is 391 g/mol. The number of nitrogens with zero attached hydrogens (tertiary/aromatic N) is 3. The van der Waals surface area contributed by atoms with Crippen LogP contribution in [0, 0.1) is 13.8 Å². The Morgan fingerprint density at radius 1 is 1.38 bits per heavy atom. The van der Waals surface area contributed by atoms with Crippen LogP contribution in [-0.4, -0.2) is 35.3 Å². The number of anilines is 1. The lowest BCUT2D eigenvalue weighted by Gasteiger charge is -2.21. The van der Waals surface area contributed by atoms with E-state index in [1.807, 2.05) is 19.1 Å². The van der Waals surface area contributed by atoms with E-state index in [4.69, 9.17) is 25.8 Å². The standard InChI is InChI=1S/C18H18ClN3O3S/c1-10-6-12(19)8-15-16(10)20-18(26-15)22(9-13-4-3-5-24-13)17(23)14-7-11(2)21-25-14/h6-8,13H,3-5,9H2,1-2H3/t13-/m0/s1. The minimum absolute atomic E-state index is 0.000310. The summed E-state index contributed by atoms with van der Waals surface area (Å²) in [5.41, 5.74) is 2.50. The van der Waals surface area contributed by atoms with Crippen LogP contribution in [0.2, 0.25) is 5.02 Å². The lowest BCUT2D eigenvalue weighted by molar-refractivity contribution is 0.0887. The number of aryl methyl sites for hydroxylation is 2. The van der Waals surface area contributed by atoms with Crippen LogP contribution in [0.25, 0.3) is 10.2 Å². The maximum absolute atomic E-state index is 13.1. The summed E-state index contributed by atoms with van der Waals surface area (Å²) in [4.78, 5) is 19.4.